The van der Waals surface area contributed by atoms with Crippen molar-refractivity contribution in [1.29, 1.82) is 0 Å². The van der Waals surface area contributed by atoms with Crippen LogP contribution in [0.2, 0.25) is 0 Å². The summed E-state index contributed by atoms with van der Waals surface area (Å²) in [5, 5.41) is 8.51. The first-order chi connectivity index (χ1) is 2.77. The van der Waals surface area contributed by atoms with Crippen molar-refractivity contribution in [2.45, 2.75) is 0 Å². The van der Waals surface area contributed by atoms with Crippen molar-refractivity contribution in [3.05, 3.63) is 11.6 Å². The van der Waals surface area contributed by atoms with Crippen LogP contribution in [0.15, 0.2) is 11.6 Å². The van der Waals surface area contributed by atoms with Crippen molar-refractivity contribution in [1.82, 2.24) is 0 Å². The predicted octanol–water partition coefficient (Wildman–Crippen LogP) is 0.0993. The molecule has 0 amide bonds. The Labute approximate surface area is 41.0 Å². The maximum Gasteiger partial charge on any atom is 0.0946 e. The third kappa shape index (κ3) is 3.85. The Bertz CT molecular complexity index is 54.8. The van der Waals surface area contributed by atoms with Crippen LogP contribution in [0.25, 0.3) is 0 Å². The van der Waals surface area contributed by atoms with Crippen molar-refractivity contribution in [3.8, 4) is 0 Å². The maximum atomic E-state index is 8.06. The topological polar surface area (TPSA) is 46.2 Å². The van der Waals surface area contributed by atoms with E-state index in [2.05, 4.69) is 6.58 Å². The number of hydrogen-bond acceptors (Lipinski definition) is 3. The zero-order valence-electron chi connectivity index (χ0n) is 3.35. The summed E-state index contributed by atoms with van der Waals surface area (Å²) < 4.78 is 0. The summed E-state index contributed by atoms with van der Waals surface area (Å²) >= 11 is 1.12. The molecule has 0 heterocycles. The molecule has 2 nitrogen and oxygen atoms in total. The van der Waals surface area contributed by atoms with Crippen molar-refractivity contribution >= 4 is 11.8 Å². The van der Waals surface area contributed by atoms with Gasteiger partial charge in [0.25, 0.3) is 0 Å². The largest absolute Gasteiger partial charge is 0.394 e. The van der Waals surface area contributed by atoms with Gasteiger partial charge in [0, 0.05) is 0 Å². The van der Waals surface area contributed by atoms with E-state index < -0.39 is 0 Å². The summed E-state index contributed by atoms with van der Waals surface area (Å²) in [5.41, 5.74) is 5.01. The Kier molecular flexibility index (Phi) is 2.98. The van der Waals surface area contributed by atoms with Crippen LogP contribution < -0.4 is 5.73 Å². The van der Waals surface area contributed by atoms with E-state index in [1.54, 1.807) is 0 Å². The predicted molar refractivity (Wildman–Crippen MR) is 28.0 cm³/mol. The van der Waals surface area contributed by atoms with Crippen molar-refractivity contribution < 1.29 is 5.11 Å². The summed E-state index contributed by atoms with van der Waals surface area (Å²) in [5.74, 6) is 0.0231. The van der Waals surface area contributed by atoms with Gasteiger partial charge in [-0.1, -0.05) is 18.3 Å². The molecule has 0 bridgehead atoms. The fraction of sp³-hybridized carbons (Fsp3) is 0.333. The Morgan fingerprint density at radius 3 is 2.50 bits per heavy atom. The molecule has 0 aromatic heterocycles. The minimum atomic E-state index is 0.0231. The first-order valence-electron chi connectivity index (χ1n) is 1.45. The number of aliphatic hydroxyl groups excluding tert-OH is 1. The van der Waals surface area contributed by atoms with Gasteiger partial charge in [0.05, 0.1) is 11.0 Å². The average molecular weight is 105 g/mol. The van der Waals surface area contributed by atoms with Gasteiger partial charge < -0.3 is 10.8 Å². The van der Waals surface area contributed by atoms with Gasteiger partial charge in [-0.05, 0) is 0 Å². The maximum absolute atomic E-state index is 8.06. The van der Waals surface area contributed by atoms with Crippen LogP contribution >= 0.6 is 11.8 Å². The zero-order valence-corrected chi connectivity index (χ0v) is 4.16. The Hall–Kier alpha value is -0.150. The Balaban J connectivity index is 2.83. The molecule has 6 heavy (non-hydrogen) atoms. The molecule has 3 N–H and O–H groups in total. The molecule has 0 fully saturated rings. The molecule has 0 aliphatic heterocycles. The molecule has 0 spiro atoms. The highest BCUT2D eigenvalue weighted by Crippen LogP contribution is 2.01. The molecule has 36 valence electrons. The second-order valence-corrected chi connectivity index (χ2v) is 1.81. The molecule has 0 rings (SSSR count). The highest BCUT2D eigenvalue weighted by molar-refractivity contribution is 8.02. The molecular formula is C3H7NOS. The number of thioether (sulfide) groups is 1. The van der Waals surface area contributed by atoms with Crippen LogP contribution in [0.5, 0.6) is 0 Å². The van der Waals surface area contributed by atoms with Gasteiger partial charge in [0.1, 0.15) is 0 Å². The van der Waals surface area contributed by atoms with Gasteiger partial charge in [-0.2, -0.15) is 0 Å². The Morgan fingerprint density at radius 2 is 2.50 bits per heavy atom. The van der Waals surface area contributed by atoms with Crippen LogP contribution in [0.3, 0.4) is 0 Å². The van der Waals surface area contributed by atoms with Gasteiger partial charge in [-0.15, -0.1) is 0 Å². The molecule has 0 saturated heterocycles. The molecule has 0 radical (unpaired) electrons. The first kappa shape index (κ1) is 5.85. The Morgan fingerprint density at radius 1 is 2.00 bits per heavy atom. The molecule has 0 unspecified atom stereocenters. The second kappa shape index (κ2) is 3.06. The van der Waals surface area contributed by atoms with Crippen LogP contribution in [-0.2, 0) is 0 Å². The quantitative estimate of drug-likeness (QED) is 0.489. The lowest BCUT2D eigenvalue weighted by molar-refractivity contribution is 0.376. The number of rotatable bonds is 2. The fourth-order valence-electron chi connectivity index (χ4n) is 0.0829. The van der Waals surface area contributed by atoms with Crippen LogP contribution in [-0.4, -0.2) is 11.0 Å². The van der Waals surface area contributed by atoms with E-state index in [-0.39, 0.29) is 5.94 Å². The second-order valence-electron chi connectivity index (χ2n) is 0.740. The lowest BCUT2D eigenvalue weighted by Gasteiger charge is -1.87. The summed E-state index contributed by atoms with van der Waals surface area (Å²) in [4.78, 5) is 0. The first-order valence-corrected chi connectivity index (χ1v) is 2.44. The van der Waals surface area contributed by atoms with Gasteiger partial charge in [0.2, 0.25) is 0 Å². The molecule has 0 aliphatic carbocycles. The van der Waals surface area contributed by atoms with E-state index in [4.69, 9.17) is 10.8 Å². The highest BCUT2D eigenvalue weighted by atomic mass is 32.2. The van der Waals surface area contributed by atoms with Gasteiger partial charge in [-0.3, -0.25) is 0 Å². The molecule has 0 atom stereocenters. The number of aliphatic hydroxyl groups is 1. The minimum Gasteiger partial charge on any atom is -0.394 e. The SMILES string of the molecule is C=C(N)SCO. The van der Waals surface area contributed by atoms with Crippen LogP contribution in [0.1, 0.15) is 0 Å². The zero-order chi connectivity index (χ0) is 4.99. The van der Waals surface area contributed by atoms with Crippen molar-refractivity contribution in [3.63, 3.8) is 0 Å². The molecule has 0 aromatic rings. The third-order valence-electron chi connectivity index (χ3n) is 0.250. The monoisotopic (exact) mass is 105 g/mol. The van der Waals surface area contributed by atoms with E-state index in [1.807, 2.05) is 0 Å². The molecule has 0 aliphatic rings. The summed E-state index contributed by atoms with van der Waals surface area (Å²) in [6.07, 6.45) is 0. The summed E-state index contributed by atoms with van der Waals surface area (Å²) in [7, 11) is 0. The third-order valence-corrected chi connectivity index (χ3v) is 0.750. The highest BCUT2D eigenvalue weighted by Gasteiger charge is 1.77. The average Bonchev–Trinajstić information content (AvgIpc) is 1.35. The summed E-state index contributed by atoms with van der Waals surface area (Å²) in [6, 6.07) is 0. The van der Waals surface area contributed by atoms with Gasteiger partial charge in [0.15, 0.2) is 0 Å². The molecule has 0 aromatic carbocycles. The lowest BCUT2D eigenvalue weighted by atomic mass is 11.1. The number of nitrogens with two attached hydrogens (primary N) is 1. The summed E-state index contributed by atoms with van der Waals surface area (Å²) in [6.45, 7) is 3.33. The normalized spacial score (nSPS) is 8.17. The van der Waals surface area contributed by atoms with Crippen LogP contribution in [0.4, 0.5) is 0 Å². The van der Waals surface area contributed by atoms with Crippen molar-refractivity contribution in [2.75, 3.05) is 5.94 Å². The fourth-order valence-corrected chi connectivity index (χ4v) is 0.249. The van der Waals surface area contributed by atoms with E-state index in [1.165, 1.54) is 0 Å². The number of hydrogen-bond donors (Lipinski definition) is 2. The molecule has 3 heteroatoms. The van der Waals surface area contributed by atoms with E-state index in [0.717, 1.165) is 11.8 Å². The van der Waals surface area contributed by atoms with E-state index in [0.29, 0.717) is 5.03 Å². The minimum absolute atomic E-state index is 0.0231. The van der Waals surface area contributed by atoms with Gasteiger partial charge >= 0.3 is 0 Å². The molecular weight excluding hydrogens is 98.1 g/mol. The van der Waals surface area contributed by atoms with Crippen molar-refractivity contribution in [2.24, 2.45) is 5.73 Å². The smallest absolute Gasteiger partial charge is 0.0946 e. The van der Waals surface area contributed by atoms with E-state index in [9.17, 15) is 0 Å². The van der Waals surface area contributed by atoms with Crippen LogP contribution in [0, 0.1) is 0 Å². The van der Waals surface area contributed by atoms with Gasteiger partial charge in [-0.25, -0.2) is 0 Å². The lowest BCUT2D eigenvalue weighted by Crippen LogP contribution is -1.88. The van der Waals surface area contributed by atoms with E-state index >= 15 is 0 Å². The standard InChI is InChI=1S/C3H7NOS/c1-3(4)6-2-5/h5H,1-2,4H2. The molecule has 0 saturated carbocycles.